The number of piperazine rings is 1. The zero-order chi connectivity index (χ0) is 20.5. The van der Waals surface area contributed by atoms with Gasteiger partial charge in [-0.25, -0.2) is 4.39 Å². The second-order valence-corrected chi connectivity index (χ2v) is 7.56. The third kappa shape index (κ3) is 4.12. The van der Waals surface area contributed by atoms with Gasteiger partial charge in [-0.05, 0) is 25.1 Å². The molecule has 1 saturated heterocycles. The first-order valence-corrected chi connectivity index (χ1v) is 9.71. The predicted octanol–water partition coefficient (Wildman–Crippen LogP) is 2.48. The number of halogens is 2. The lowest BCUT2D eigenvalue weighted by atomic mass is 10.1. The standard InChI is InChI=1S/C20H20ClFN4O3/c1-12-11-25(14-2-3-15(21)16(22)7-14)4-5-26(12)19(27)10-23-13-6-18-17(24-9-13)8-20(28)29-18/h2-3,6-7,9,12,23H,4-5,8,10-11H2,1H3/t12-/m1/s1. The highest BCUT2D eigenvalue weighted by atomic mass is 35.5. The van der Waals surface area contributed by atoms with E-state index < -0.39 is 5.82 Å². The summed E-state index contributed by atoms with van der Waals surface area (Å²) in [7, 11) is 0. The van der Waals surface area contributed by atoms with E-state index in [9.17, 15) is 14.0 Å². The quantitative estimate of drug-likeness (QED) is 0.769. The van der Waals surface area contributed by atoms with E-state index in [-0.39, 0.29) is 35.9 Å². The minimum atomic E-state index is -0.451. The number of benzene rings is 1. The molecule has 2 aliphatic rings. The lowest BCUT2D eigenvalue weighted by Crippen LogP contribution is -2.55. The topological polar surface area (TPSA) is 74.8 Å². The van der Waals surface area contributed by atoms with Gasteiger partial charge in [-0.1, -0.05) is 11.6 Å². The molecule has 0 unspecified atom stereocenters. The third-order valence-electron chi connectivity index (χ3n) is 5.13. The van der Waals surface area contributed by atoms with Gasteiger partial charge in [0.1, 0.15) is 5.82 Å². The van der Waals surface area contributed by atoms with Crippen LogP contribution in [0.1, 0.15) is 12.6 Å². The molecule has 0 bridgehead atoms. The number of esters is 1. The van der Waals surface area contributed by atoms with Crippen molar-refractivity contribution >= 4 is 34.9 Å². The number of carbonyl (C=O) groups is 2. The zero-order valence-electron chi connectivity index (χ0n) is 15.8. The molecule has 2 aromatic rings. The van der Waals surface area contributed by atoms with Gasteiger partial charge in [-0.3, -0.25) is 14.6 Å². The number of carbonyl (C=O) groups excluding carboxylic acids is 2. The molecule has 3 heterocycles. The molecular weight excluding hydrogens is 399 g/mol. The Bertz CT molecular complexity index is 971. The SMILES string of the molecule is C[C@@H]1CN(c2ccc(Cl)c(F)c2)CCN1C(=O)CNc1cnc2c(c1)OC(=O)C2. The van der Waals surface area contributed by atoms with Crippen LogP contribution in [0.25, 0.3) is 0 Å². The molecule has 7 nitrogen and oxygen atoms in total. The maximum absolute atomic E-state index is 13.7. The molecule has 0 saturated carbocycles. The molecule has 1 amide bonds. The maximum atomic E-state index is 13.7. The summed E-state index contributed by atoms with van der Waals surface area (Å²) in [6.07, 6.45) is 1.76. The van der Waals surface area contributed by atoms with Gasteiger partial charge in [0.2, 0.25) is 5.91 Å². The lowest BCUT2D eigenvalue weighted by molar-refractivity contribution is -0.132. The van der Waals surface area contributed by atoms with E-state index in [0.29, 0.717) is 36.8 Å². The molecule has 1 atom stereocenters. The van der Waals surface area contributed by atoms with Gasteiger partial charge in [0, 0.05) is 37.4 Å². The number of hydrogen-bond acceptors (Lipinski definition) is 6. The number of pyridine rings is 1. The van der Waals surface area contributed by atoms with Crippen LogP contribution in [0, 0.1) is 5.82 Å². The van der Waals surface area contributed by atoms with E-state index in [1.165, 1.54) is 6.07 Å². The van der Waals surface area contributed by atoms with E-state index in [4.69, 9.17) is 16.3 Å². The summed E-state index contributed by atoms with van der Waals surface area (Å²) < 4.78 is 18.8. The summed E-state index contributed by atoms with van der Waals surface area (Å²) in [5, 5.41) is 3.14. The Labute approximate surface area is 172 Å². The highest BCUT2D eigenvalue weighted by Gasteiger charge is 2.28. The second kappa shape index (κ2) is 7.87. The summed E-state index contributed by atoms with van der Waals surface area (Å²) in [5.41, 5.74) is 1.98. The molecule has 152 valence electrons. The average molecular weight is 419 g/mol. The Morgan fingerprint density at radius 2 is 2.21 bits per heavy atom. The number of hydrogen-bond donors (Lipinski definition) is 1. The maximum Gasteiger partial charge on any atom is 0.317 e. The smallest absolute Gasteiger partial charge is 0.317 e. The Morgan fingerprint density at radius 3 is 2.97 bits per heavy atom. The summed E-state index contributed by atoms with van der Waals surface area (Å²) in [4.78, 5) is 32.0. The number of nitrogens with one attached hydrogen (secondary N) is 1. The van der Waals surface area contributed by atoms with Gasteiger partial charge in [0.05, 0.1) is 35.6 Å². The van der Waals surface area contributed by atoms with Crippen molar-refractivity contribution in [1.82, 2.24) is 9.88 Å². The number of amides is 1. The zero-order valence-corrected chi connectivity index (χ0v) is 16.6. The molecule has 1 aromatic heterocycles. The van der Waals surface area contributed by atoms with Crippen molar-refractivity contribution in [3.63, 3.8) is 0 Å². The Morgan fingerprint density at radius 1 is 1.38 bits per heavy atom. The van der Waals surface area contributed by atoms with Crippen molar-refractivity contribution < 1.29 is 18.7 Å². The van der Waals surface area contributed by atoms with Crippen LogP contribution in [0.2, 0.25) is 5.02 Å². The Kier molecular flexibility index (Phi) is 5.27. The summed E-state index contributed by atoms with van der Waals surface area (Å²) in [6.45, 7) is 3.81. The van der Waals surface area contributed by atoms with Crippen LogP contribution in [0.5, 0.6) is 5.75 Å². The van der Waals surface area contributed by atoms with Crippen LogP contribution in [0.15, 0.2) is 30.5 Å². The first-order valence-electron chi connectivity index (χ1n) is 9.33. The summed E-state index contributed by atoms with van der Waals surface area (Å²) >= 11 is 5.75. The Hall–Kier alpha value is -2.87. The van der Waals surface area contributed by atoms with E-state index in [2.05, 4.69) is 10.3 Å². The number of rotatable bonds is 4. The van der Waals surface area contributed by atoms with Crippen molar-refractivity contribution in [2.24, 2.45) is 0 Å². The summed E-state index contributed by atoms with van der Waals surface area (Å²) in [6, 6.07) is 6.39. The average Bonchev–Trinajstić information content (AvgIpc) is 3.07. The van der Waals surface area contributed by atoms with Crippen molar-refractivity contribution in [1.29, 1.82) is 0 Å². The molecule has 1 N–H and O–H groups in total. The largest absolute Gasteiger partial charge is 0.424 e. The van der Waals surface area contributed by atoms with E-state index >= 15 is 0 Å². The predicted molar refractivity (Wildman–Crippen MR) is 107 cm³/mol. The van der Waals surface area contributed by atoms with Crippen molar-refractivity contribution in [3.8, 4) is 5.75 Å². The number of nitrogens with zero attached hydrogens (tertiary/aromatic N) is 3. The van der Waals surface area contributed by atoms with Gasteiger partial charge in [-0.15, -0.1) is 0 Å². The molecular formula is C20H20ClFN4O3. The highest BCUT2D eigenvalue weighted by molar-refractivity contribution is 6.30. The van der Waals surface area contributed by atoms with Gasteiger partial charge < -0.3 is 19.9 Å². The van der Waals surface area contributed by atoms with Gasteiger partial charge in [-0.2, -0.15) is 0 Å². The molecule has 9 heteroatoms. The summed E-state index contributed by atoms with van der Waals surface area (Å²) in [5.74, 6) is -0.386. The fraction of sp³-hybridized carbons (Fsp3) is 0.350. The van der Waals surface area contributed by atoms with Crippen molar-refractivity contribution in [3.05, 3.63) is 47.0 Å². The normalized spacial score (nSPS) is 18.4. The fourth-order valence-corrected chi connectivity index (χ4v) is 3.73. The lowest BCUT2D eigenvalue weighted by Gasteiger charge is -2.41. The van der Waals surface area contributed by atoms with Crippen LogP contribution in [0.3, 0.4) is 0 Å². The second-order valence-electron chi connectivity index (χ2n) is 7.15. The monoisotopic (exact) mass is 418 g/mol. The van der Waals surface area contributed by atoms with E-state index in [1.54, 1.807) is 29.3 Å². The number of ether oxygens (including phenoxy) is 1. The molecule has 0 aliphatic carbocycles. The molecule has 2 aliphatic heterocycles. The molecule has 4 rings (SSSR count). The van der Waals surface area contributed by atoms with Gasteiger partial charge >= 0.3 is 5.97 Å². The van der Waals surface area contributed by atoms with Gasteiger partial charge in [0.25, 0.3) is 0 Å². The minimum absolute atomic E-state index is 0.0316. The van der Waals surface area contributed by atoms with Crippen molar-refractivity contribution in [2.75, 3.05) is 36.4 Å². The van der Waals surface area contributed by atoms with E-state index in [0.717, 1.165) is 5.69 Å². The minimum Gasteiger partial charge on any atom is -0.424 e. The molecule has 1 aromatic carbocycles. The van der Waals surface area contributed by atoms with E-state index in [1.807, 2.05) is 11.8 Å². The van der Waals surface area contributed by atoms with Gasteiger partial charge in [0.15, 0.2) is 5.75 Å². The highest BCUT2D eigenvalue weighted by Crippen LogP contribution is 2.27. The first kappa shape index (κ1) is 19.4. The molecule has 1 fully saturated rings. The molecule has 0 radical (unpaired) electrons. The molecule has 29 heavy (non-hydrogen) atoms. The third-order valence-corrected chi connectivity index (χ3v) is 5.43. The number of fused-ring (bicyclic) bond motifs is 1. The molecule has 0 spiro atoms. The Balaban J connectivity index is 1.34. The van der Waals surface area contributed by atoms with Crippen LogP contribution in [-0.4, -0.2) is 54.0 Å². The van der Waals surface area contributed by atoms with Crippen LogP contribution < -0.4 is 15.0 Å². The van der Waals surface area contributed by atoms with Crippen LogP contribution >= 0.6 is 11.6 Å². The van der Waals surface area contributed by atoms with Crippen LogP contribution in [0.4, 0.5) is 15.8 Å². The first-order chi connectivity index (χ1) is 13.9. The number of anilines is 2. The van der Waals surface area contributed by atoms with Crippen LogP contribution in [-0.2, 0) is 16.0 Å². The van der Waals surface area contributed by atoms with Crippen molar-refractivity contribution in [2.45, 2.75) is 19.4 Å². The fourth-order valence-electron chi connectivity index (χ4n) is 3.61. The number of aromatic nitrogens is 1.